The largest absolute Gasteiger partial charge is 0.351 e. The number of nitrogens with one attached hydrogen (secondary N) is 2. The molecular weight excluding hydrogens is 420 g/mol. The van der Waals surface area contributed by atoms with Crippen LogP contribution in [-0.2, 0) is 9.59 Å². The lowest BCUT2D eigenvalue weighted by Crippen LogP contribution is -2.70. The highest BCUT2D eigenvalue weighted by molar-refractivity contribution is 5.85. The molecule has 0 aromatic heterocycles. The summed E-state index contributed by atoms with van der Waals surface area (Å²) in [5, 5.41) is 7.43. The van der Waals surface area contributed by atoms with Crippen LogP contribution in [0.4, 0.5) is 0 Å². The van der Waals surface area contributed by atoms with Gasteiger partial charge in [0.15, 0.2) is 0 Å². The molecule has 0 aromatic rings. The van der Waals surface area contributed by atoms with Gasteiger partial charge in [-0.1, -0.05) is 0 Å². The number of fused-ring (bicyclic) bond motifs is 3. The predicted molar refractivity (Wildman–Crippen MR) is 131 cm³/mol. The summed E-state index contributed by atoms with van der Waals surface area (Å²) in [7, 11) is 0. The van der Waals surface area contributed by atoms with Crippen molar-refractivity contribution >= 4 is 11.8 Å². The Kier molecular flexibility index (Phi) is 4.36. The van der Waals surface area contributed by atoms with E-state index in [1.807, 2.05) is 0 Å². The third-order valence-electron chi connectivity index (χ3n) is 12.9. The predicted octanol–water partition coefficient (Wildman–Crippen LogP) is 5.35. The molecule has 11 aliphatic carbocycles. The molecule has 1 unspecified atom stereocenters. The maximum absolute atomic E-state index is 14.1. The number of carbonyl (C=O) groups is 2. The third kappa shape index (κ3) is 3.01. The first-order chi connectivity index (χ1) is 16.4. The molecule has 0 radical (unpaired) electrons. The van der Waals surface area contributed by atoms with E-state index in [0.717, 1.165) is 99.2 Å². The van der Waals surface area contributed by atoms with Crippen LogP contribution in [0.25, 0.3) is 0 Å². The maximum Gasteiger partial charge on any atom is 0.226 e. The van der Waals surface area contributed by atoms with Crippen LogP contribution in [0.2, 0.25) is 0 Å². The third-order valence-corrected chi connectivity index (χ3v) is 12.9. The minimum absolute atomic E-state index is 0.0867. The monoisotopic (exact) mass is 464 g/mol. The number of amides is 2. The fraction of sp³-hybridized carbons (Fsp3) is 0.933. The second-order valence-corrected chi connectivity index (χ2v) is 15.2. The molecule has 2 N–H and O–H groups in total. The van der Waals surface area contributed by atoms with E-state index < -0.39 is 0 Å². The Bertz CT molecular complexity index is 829. The van der Waals surface area contributed by atoms with Crippen molar-refractivity contribution in [3.63, 3.8) is 0 Å². The van der Waals surface area contributed by atoms with Gasteiger partial charge in [0.2, 0.25) is 11.8 Å². The maximum atomic E-state index is 14.1. The van der Waals surface area contributed by atoms with E-state index in [0.29, 0.717) is 11.8 Å². The molecule has 11 fully saturated rings. The van der Waals surface area contributed by atoms with Gasteiger partial charge in [-0.2, -0.15) is 0 Å². The highest BCUT2D eigenvalue weighted by Crippen LogP contribution is 2.62. The van der Waals surface area contributed by atoms with Gasteiger partial charge in [-0.05, 0) is 151 Å². The quantitative estimate of drug-likeness (QED) is 0.589. The molecule has 1 atom stereocenters. The van der Waals surface area contributed by atoms with Crippen LogP contribution < -0.4 is 10.6 Å². The average molecular weight is 465 g/mol. The molecule has 2 amide bonds. The zero-order valence-electron chi connectivity index (χ0n) is 21.0. The first-order valence-electron chi connectivity index (χ1n) is 15.0. The van der Waals surface area contributed by atoms with E-state index in [-0.39, 0.29) is 22.4 Å². The van der Waals surface area contributed by atoms with Gasteiger partial charge in [-0.15, -0.1) is 0 Å². The first kappa shape index (κ1) is 21.1. The van der Waals surface area contributed by atoms with E-state index >= 15 is 0 Å². The van der Waals surface area contributed by atoms with Gasteiger partial charge in [0.05, 0.1) is 11.6 Å². The van der Waals surface area contributed by atoms with Crippen molar-refractivity contribution in [1.29, 1.82) is 0 Å². The van der Waals surface area contributed by atoms with Gasteiger partial charge in [0.25, 0.3) is 0 Å². The smallest absolute Gasteiger partial charge is 0.226 e. The van der Waals surface area contributed by atoms with Crippen molar-refractivity contribution < 1.29 is 9.59 Å². The Morgan fingerprint density at radius 2 is 0.941 bits per heavy atom. The molecule has 0 aromatic carbocycles. The molecule has 4 heteroatoms. The zero-order chi connectivity index (χ0) is 22.7. The lowest BCUT2D eigenvalue weighted by atomic mass is 9.49. The molecule has 34 heavy (non-hydrogen) atoms. The zero-order valence-corrected chi connectivity index (χ0v) is 21.0. The molecule has 11 saturated carbocycles. The minimum atomic E-state index is -0.187. The Hall–Kier alpha value is -1.06. The summed E-state index contributed by atoms with van der Waals surface area (Å²) in [6.45, 7) is 0. The Balaban J connectivity index is 1.03. The van der Waals surface area contributed by atoms with Gasteiger partial charge in [-0.25, -0.2) is 0 Å². The summed E-state index contributed by atoms with van der Waals surface area (Å²) < 4.78 is 0. The second kappa shape index (κ2) is 7.03. The lowest BCUT2D eigenvalue weighted by molar-refractivity contribution is -0.153. The lowest BCUT2D eigenvalue weighted by Gasteiger charge is -2.59. The van der Waals surface area contributed by atoms with Gasteiger partial charge >= 0.3 is 0 Å². The van der Waals surface area contributed by atoms with Crippen LogP contribution in [-0.4, -0.2) is 23.4 Å². The van der Waals surface area contributed by atoms with Crippen LogP contribution >= 0.6 is 0 Å². The SMILES string of the molecule is O=C(NC1CC2CCC1(NC(=O)C13CC4CC(CC(C4)C1)C3)CC2)C12CC3CC(CC(C3)C1)C2. The average Bonchev–Trinajstić information content (AvgIpc) is 2.78. The van der Waals surface area contributed by atoms with Gasteiger partial charge in [-0.3, -0.25) is 9.59 Å². The van der Waals surface area contributed by atoms with Crippen molar-refractivity contribution in [3.05, 3.63) is 0 Å². The Morgan fingerprint density at radius 1 is 0.529 bits per heavy atom. The molecule has 0 aliphatic heterocycles. The minimum Gasteiger partial charge on any atom is -0.351 e. The van der Waals surface area contributed by atoms with E-state index in [4.69, 9.17) is 0 Å². The van der Waals surface area contributed by atoms with Crippen LogP contribution in [0.1, 0.15) is 109 Å². The van der Waals surface area contributed by atoms with Crippen molar-refractivity contribution in [2.45, 2.75) is 121 Å². The van der Waals surface area contributed by atoms with Crippen LogP contribution in [0.5, 0.6) is 0 Å². The van der Waals surface area contributed by atoms with Gasteiger partial charge < -0.3 is 10.6 Å². The van der Waals surface area contributed by atoms with Gasteiger partial charge in [0, 0.05) is 10.8 Å². The Labute approximate surface area is 205 Å². The molecule has 0 heterocycles. The highest BCUT2D eigenvalue weighted by atomic mass is 16.2. The molecule has 10 bridgehead atoms. The summed E-state index contributed by atoms with van der Waals surface area (Å²) in [4.78, 5) is 28.0. The number of hydrogen-bond acceptors (Lipinski definition) is 2. The van der Waals surface area contributed by atoms with Crippen molar-refractivity contribution in [1.82, 2.24) is 10.6 Å². The van der Waals surface area contributed by atoms with Gasteiger partial charge in [0.1, 0.15) is 0 Å². The molecule has 186 valence electrons. The van der Waals surface area contributed by atoms with Crippen LogP contribution in [0.3, 0.4) is 0 Å². The fourth-order valence-corrected chi connectivity index (χ4v) is 12.2. The molecule has 11 rings (SSSR count). The highest BCUT2D eigenvalue weighted by Gasteiger charge is 2.59. The van der Waals surface area contributed by atoms with Crippen molar-refractivity contribution in [2.75, 3.05) is 0 Å². The number of hydrogen-bond donors (Lipinski definition) is 2. The van der Waals surface area contributed by atoms with E-state index in [1.54, 1.807) is 0 Å². The van der Waals surface area contributed by atoms with Crippen molar-refractivity contribution in [3.8, 4) is 0 Å². The van der Waals surface area contributed by atoms with Crippen molar-refractivity contribution in [2.24, 2.45) is 52.3 Å². The topological polar surface area (TPSA) is 58.2 Å². The van der Waals surface area contributed by atoms with E-state index in [2.05, 4.69) is 10.6 Å². The van der Waals surface area contributed by atoms with Crippen LogP contribution in [0.15, 0.2) is 0 Å². The second-order valence-electron chi connectivity index (χ2n) is 15.2. The summed E-state index contributed by atoms with van der Waals surface area (Å²) in [6, 6.07) is 0.151. The molecule has 11 aliphatic rings. The summed E-state index contributed by atoms with van der Waals surface area (Å²) in [5.74, 6) is 6.25. The first-order valence-corrected chi connectivity index (χ1v) is 15.0. The normalized spacial score (nSPS) is 56.0. The summed E-state index contributed by atoms with van der Waals surface area (Å²) in [5.41, 5.74) is -0.365. The van der Waals surface area contributed by atoms with E-state index in [9.17, 15) is 9.59 Å². The number of carbonyl (C=O) groups excluding carboxylic acids is 2. The van der Waals surface area contributed by atoms with E-state index in [1.165, 1.54) is 51.4 Å². The molecule has 0 spiro atoms. The molecular formula is C30H44N2O2. The fourth-order valence-electron chi connectivity index (χ4n) is 12.2. The standard InChI is InChI=1S/C30H44N2O2/c33-26(28-12-19-5-20(13-28)7-21(6-19)14-28)31-25-11-18-1-3-30(25,4-2-18)32-27(34)29-15-22-8-23(16-29)10-24(9-22)17-29/h18-25H,1-17H2,(H,31,33)(H,32,34). The summed E-state index contributed by atoms with van der Waals surface area (Å²) in [6.07, 6.45) is 20.7. The molecule has 0 saturated heterocycles. The molecule has 4 nitrogen and oxygen atoms in total. The van der Waals surface area contributed by atoms with Crippen LogP contribution in [0, 0.1) is 52.3 Å². The Morgan fingerprint density at radius 3 is 1.38 bits per heavy atom. The summed E-state index contributed by atoms with van der Waals surface area (Å²) >= 11 is 0. The number of rotatable bonds is 4.